The van der Waals surface area contributed by atoms with E-state index in [4.69, 9.17) is 10.8 Å². The van der Waals surface area contributed by atoms with E-state index in [1.54, 1.807) is 6.92 Å². The maximum atomic E-state index is 12.1. The van der Waals surface area contributed by atoms with Crippen LogP contribution in [0.3, 0.4) is 0 Å². The molecule has 1 rings (SSSR count). The predicted octanol–water partition coefficient (Wildman–Crippen LogP) is -1.33. The number of amides is 3. The van der Waals surface area contributed by atoms with Crippen molar-refractivity contribution < 1.29 is 24.3 Å². The average Bonchev–Trinajstić information content (AvgIpc) is 3.05. The van der Waals surface area contributed by atoms with Gasteiger partial charge in [0.25, 0.3) is 0 Å². The van der Waals surface area contributed by atoms with Crippen LogP contribution in [0.1, 0.15) is 33.1 Å². The molecule has 1 aliphatic rings. The van der Waals surface area contributed by atoms with Crippen molar-refractivity contribution in [2.24, 2.45) is 11.7 Å². The van der Waals surface area contributed by atoms with Gasteiger partial charge in [-0.3, -0.25) is 14.4 Å². The van der Waals surface area contributed by atoms with E-state index in [9.17, 15) is 19.2 Å². The van der Waals surface area contributed by atoms with Gasteiger partial charge in [0, 0.05) is 6.54 Å². The molecule has 1 heterocycles. The molecule has 3 amide bonds. The number of hydrogen-bond acceptors (Lipinski definition) is 5. The Morgan fingerprint density at radius 3 is 2.54 bits per heavy atom. The first-order valence-electron chi connectivity index (χ1n) is 8.11. The van der Waals surface area contributed by atoms with E-state index in [-0.39, 0.29) is 24.9 Å². The Hall–Kier alpha value is -2.16. The van der Waals surface area contributed by atoms with Gasteiger partial charge < -0.3 is 26.4 Å². The summed E-state index contributed by atoms with van der Waals surface area (Å²) in [6.45, 7) is 3.53. The van der Waals surface area contributed by atoms with Crippen molar-refractivity contribution in [1.82, 2.24) is 15.5 Å². The van der Waals surface area contributed by atoms with Gasteiger partial charge in [-0.25, -0.2) is 4.79 Å². The molecule has 136 valence electrons. The molecule has 3 unspecified atom stereocenters. The average molecular weight is 342 g/mol. The van der Waals surface area contributed by atoms with Gasteiger partial charge in [0.1, 0.15) is 12.1 Å². The topological polar surface area (TPSA) is 142 Å². The van der Waals surface area contributed by atoms with E-state index in [1.165, 1.54) is 4.90 Å². The summed E-state index contributed by atoms with van der Waals surface area (Å²) in [6.07, 6.45) is 1.82. The number of nitrogens with zero attached hydrogens (tertiary/aromatic N) is 1. The smallest absolute Gasteiger partial charge is 0.326 e. The fourth-order valence-electron chi connectivity index (χ4n) is 2.65. The molecule has 0 aromatic heterocycles. The van der Waals surface area contributed by atoms with Crippen LogP contribution in [0.5, 0.6) is 0 Å². The number of nitrogens with two attached hydrogens (primary N) is 1. The molecule has 24 heavy (non-hydrogen) atoms. The summed E-state index contributed by atoms with van der Waals surface area (Å²) < 4.78 is 0. The molecule has 0 aliphatic carbocycles. The fourth-order valence-corrected chi connectivity index (χ4v) is 2.65. The van der Waals surface area contributed by atoms with Crippen LogP contribution in [0.25, 0.3) is 0 Å². The molecule has 0 saturated carbocycles. The Bertz CT molecular complexity index is 496. The normalized spacial score (nSPS) is 19.5. The monoisotopic (exact) mass is 342 g/mol. The summed E-state index contributed by atoms with van der Waals surface area (Å²) in [5, 5.41) is 14.0. The zero-order chi connectivity index (χ0) is 18.3. The van der Waals surface area contributed by atoms with E-state index in [0.717, 1.165) is 0 Å². The van der Waals surface area contributed by atoms with Crippen LogP contribution in [-0.2, 0) is 19.2 Å². The van der Waals surface area contributed by atoms with Crippen LogP contribution in [0.15, 0.2) is 0 Å². The Balaban J connectivity index is 2.52. The van der Waals surface area contributed by atoms with Gasteiger partial charge in [-0.2, -0.15) is 0 Å². The maximum Gasteiger partial charge on any atom is 0.326 e. The number of likely N-dealkylation sites (tertiary alicyclic amines) is 1. The summed E-state index contributed by atoms with van der Waals surface area (Å²) in [5.74, 6) is -2.65. The first-order chi connectivity index (χ1) is 11.3. The van der Waals surface area contributed by atoms with E-state index < -0.39 is 29.9 Å². The number of carboxylic acids is 1. The number of carbonyl (C=O) groups is 4. The van der Waals surface area contributed by atoms with E-state index >= 15 is 0 Å². The maximum absolute atomic E-state index is 12.1. The predicted molar refractivity (Wildman–Crippen MR) is 85.8 cm³/mol. The second-order valence-corrected chi connectivity index (χ2v) is 5.94. The molecule has 1 aliphatic heterocycles. The molecule has 0 aromatic rings. The van der Waals surface area contributed by atoms with Gasteiger partial charge in [0.2, 0.25) is 17.7 Å². The highest BCUT2D eigenvalue weighted by molar-refractivity contribution is 5.92. The quantitative estimate of drug-likeness (QED) is 0.430. The van der Waals surface area contributed by atoms with Gasteiger partial charge in [-0.05, 0) is 18.8 Å². The minimum Gasteiger partial charge on any atom is -0.480 e. The van der Waals surface area contributed by atoms with Crippen molar-refractivity contribution in [2.75, 3.05) is 19.6 Å². The Morgan fingerprint density at radius 2 is 2.00 bits per heavy atom. The lowest BCUT2D eigenvalue weighted by Crippen LogP contribution is -2.52. The number of carbonyl (C=O) groups excluding carboxylic acids is 3. The molecule has 0 bridgehead atoms. The third kappa shape index (κ3) is 5.19. The van der Waals surface area contributed by atoms with Crippen molar-refractivity contribution in [3.05, 3.63) is 0 Å². The van der Waals surface area contributed by atoms with Crippen molar-refractivity contribution >= 4 is 23.7 Å². The SMILES string of the molecule is CCC(C)C(NC(=O)CNC(=O)C1CCCN1C(=O)CN)C(=O)O. The number of hydrogen-bond donors (Lipinski definition) is 4. The number of rotatable bonds is 8. The zero-order valence-corrected chi connectivity index (χ0v) is 14.1. The summed E-state index contributed by atoms with van der Waals surface area (Å²) >= 11 is 0. The van der Waals surface area contributed by atoms with E-state index in [2.05, 4.69) is 10.6 Å². The highest BCUT2D eigenvalue weighted by Crippen LogP contribution is 2.17. The zero-order valence-electron chi connectivity index (χ0n) is 14.1. The van der Waals surface area contributed by atoms with Crippen LogP contribution in [-0.4, -0.2) is 65.4 Å². The third-order valence-corrected chi connectivity index (χ3v) is 4.27. The minimum atomic E-state index is -1.11. The summed E-state index contributed by atoms with van der Waals surface area (Å²) in [6, 6.07) is -1.63. The largest absolute Gasteiger partial charge is 0.480 e. The summed E-state index contributed by atoms with van der Waals surface area (Å²) in [5.41, 5.74) is 5.32. The van der Waals surface area contributed by atoms with Gasteiger partial charge in [0.05, 0.1) is 13.1 Å². The Kier molecular flexibility index (Phi) is 7.63. The van der Waals surface area contributed by atoms with E-state index in [0.29, 0.717) is 25.8 Å². The van der Waals surface area contributed by atoms with Crippen LogP contribution in [0.2, 0.25) is 0 Å². The van der Waals surface area contributed by atoms with Crippen molar-refractivity contribution in [1.29, 1.82) is 0 Å². The number of aliphatic carboxylic acids is 1. The molecule has 9 heteroatoms. The van der Waals surface area contributed by atoms with Crippen LogP contribution < -0.4 is 16.4 Å². The summed E-state index contributed by atoms with van der Waals surface area (Å²) in [7, 11) is 0. The highest BCUT2D eigenvalue weighted by atomic mass is 16.4. The van der Waals surface area contributed by atoms with Crippen LogP contribution >= 0.6 is 0 Å². The van der Waals surface area contributed by atoms with Crippen molar-refractivity contribution in [3.8, 4) is 0 Å². The molecule has 0 radical (unpaired) electrons. The molecular weight excluding hydrogens is 316 g/mol. The minimum absolute atomic E-state index is 0.167. The lowest BCUT2D eigenvalue weighted by molar-refractivity contribution is -0.143. The van der Waals surface area contributed by atoms with Gasteiger partial charge in [-0.15, -0.1) is 0 Å². The standard InChI is InChI=1S/C15H26N4O5/c1-3-9(2)13(15(23)24)18-11(20)8-17-14(22)10-5-4-6-19(10)12(21)7-16/h9-10,13H,3-8,16H2,1-2H3,(H,17,22)(H,18,20)(H,23,24). The van der Waals surface area contributed by atoms with Crippen LogP contribution in [0, 0.1) is 5.92 Å². The molecular formula is C15H26N4O5. The van der Waals surface area contributed by atoms with Crippen LogP contribution in [0.4, 0.5) is 0 Å². The Morgan fingerprint density at radius 1 is 1.33 bits per heavy atom. The first-order valence-corrected chi connectivity index (χ1v) is 8.11. The van der Waals surface area contributed by atoms with Gasteiger partial charge >= 0.3 is 5.97 Å². The Labute approximate surface area is 140 Å². The van der Waals surface area contributed by atoms with E-state index in [1.807, 2.05) is 6.92 Å². The van der Waals surface area contributed by atoms with Gasteiger partial charge in [-0.1, -0.05) is 20.3 Å². The molecule has 3 atom stereocenters. The first kappa shape index (κ1) is 19.9. The van der Waals surface area contributed by atoms with Crippen molar-refractivity contribution in [3.63, 3.8) is 0 Å². The second kappa shape index (κ2) is 9.21. The molecule has 5 N–H and O–H groups in total. The number of carboxylic acid groups (broad SMARTS) is 1. The molecule has 0 spiro atoms. The lowest BCUT2D eigenvalue weighted by Gasteiger charge is -2.24. The molecule has 1 fully saturated rings. The lowest BCUT2D eigenvalue weighted by atomic mass is 9.99. The van der Waals surface area contributed by atoms with Crippen molar-refractivity contribution in [2.45, 2.75) is 45.2 Å². The number of nitrogens with one attached hydrogen (secondary N) is 2. The summed E-state index contributed by atoms with van der Waals surface area (Å²) in [4.78, 5) is 48.3. The molecule has 1 saturated heterocycles. The fraction of sp³-hybridized carbons (Fsp3) is 0.733. The highest BCUT2D eigenvalue weighted by Gasteiger charge is 2.33. The third-order valence-electron chi connectivity index (χ3n) is 4.27. The molecule has 9 nitrogen and oxygen atoms in total. The van der Waals surface area contributed by atoms with Gasteiger partial charge in [0.15, 0.2) is 0 Å². The second-order valence-electron chi connectivity index (χ2n) is 5.94. The molecule has 0 aromatic carbocycles.